The topological polar surface area (TPSA) is 45.1 Å². The molecule has 0 fully saturated rings. The monoisotopic (exact) mass is 186 g/mol. The van der Waals surface area contributed by atoms with Crippen molar-refractivity contribution in [3.63, 3.8) is 0 Å². The molecule has 4 heteroatoms. The molecule has 68 valence electrons. The van der Waals surface area contributed by atoms with Crippen molar-refractivity contribution in [1.82, 2.24) is 10.3 Å². The summed E-state index contributed by atoms with van der Waals surface area (Å²) in [4.78, 5) is 4.14. The summed E-state index contributed by atoms with van der Waals surface area (Å²) >= 11 is 1.65. The van der Waals surface area contributed by atoms with Crippen LogP contribution < -0.4 is 5.32 Å². The number of aliphatic hydroxyl groups is 1. The van der Waals surface area contributed by atoms with E-state index in [0.29, 0.717) is 6.04 Å². The van der Waals surface area contributed by atoms with Gasteiger partial charge in [-0.1, -0.05) is 0 Å². The van der Waals surface area contributed by atoms with Crippen molar-refractivity contribution >= 4 is 11.3 Å². The third-order valence-electron chi connectivity index (χ3n) is 1.65. The Morgan fingerprint density at radius 3 is 3.17 bits per heavy atom. The molecular formula is C8H14N2OS. The molecule has 1 heterocycles. The fraction of sp³-hybridized carbons (Fsp3) is 0.625. The Hall–Kier alpha value is -0.450. The molecule has 0 aliphatic heterocycles. The average Bonchev–Trinajstić information content (AvgIpc) is 2.53. The molecule has 12 heavy (non-hydrogen) atoms. The minimum absolute atomic E-state index is 0.242. The molecule has 1 atom stereocenters. The second kappa shape index (κ2) is 5.24. The van der Waals surface area contributed by atoms with Crippen LogP contribution in [0.2, 0.25) is 0 Å². The van der Waals surface area contributed by atoms with Gasteiger partial charge in [-0.25, -0.2) is 4.98 Å². The predicted octanol–water partition coefficient (Wildman–Crippen LogP) is 1.00. The third-order valence-corrected chi connectivity index (χ3v) is 2.43. The van der Waals surface area contributed by atoms with Crippen LogP contribution in [-0.4, -0.2) is 22.7 Å². The molecule has 0 aromatic carbocycles. The van der Waals surface area contributed by atoms with Gasteiger partial charge in [-0.05, 0) is 13.3 Å². The normalized spacial score (nSPS) is 13.2. The van der Waals surface area contributed by atoms with Crippen molar-refractivity contribution in [3.05, 3.63) is 16.6 Å². The highest BCUT2D eigenvalue weighted by molar-refractivity contribution is 7.09. The van der Waals surface area contributed by atoms with Crippen LogP contribution in [0.3, 0.4) is 0 Å². The van der Waals surface area contributed by atoms with Crippen LogP contribution in [0.5, 0.6) is 0 Å². The van der Waals surface area contributed by atoms with Crippen molar-refractivity contribution in [2.45, 2.75) is 25.9 Å². The van der Waals surface area contributed by atoms with Crippen molar-refractivity contribution in [2.75, 3.05) is 6.61 Å². The van der Waals surface area contributed by atoms with Gasteiger partial charge in [-0.3, -0.25) is 0 Å². The van der Waals surface area contributed by atoms with Gasteiger partial charge in [0.25, 0.3) is 0 Å². The maximum Gasteiger partial charge on any atom is 0.106 e. The van der Waals surface area contributed by atoms with Gasteiger partial charge in [-0.2, -0.15) is 0 Å². The SMILES string of the molecule is CC(CCO)NCc1nccs1. The fourth-order valence-electron chi connectivity index (χ4n) is 0.898. The van der Waals surface area contributed by atoms with E-state index < -0.39 is 0 Å². The maximum atomic E-state index is 8.64. The standard InChI is InChI=1S/C8H14N2OS/c1-7(2-4-11)10-6-8-9-3-5-12-8/h3,5,7,10-11H,2,4,6H2,1H3. The number of hydrogen-bond acceptors (Lipinski definition) is 4. The number of thiazole rings is 1. The largest absolute Gasteiger partial charge is 0.396 e. The summed E-state index contributed by atoms with van der Waals surface area (Å²) in [5.41, 5.74) is 0. The highest BCUT2D eigenvalue weighted by atomic mass is 32.1. The summed E-state index contributed by atoms with van der Waals surface area (Å²) in [6.07, 6.45) is 2.60. The first-order chi connectivity index (χ1) is 5.83. The van der Waals surface area contributed by atoms with Crippen molar-refractivity contribution in [3.8, 4) is 0 Å². The summed E-state index contributed by atoms with van der Waals surface area (Å²) in [6.45, 7) is 3.11. The number of nitrogens with zero attached hydrogens (tertiary/aromatic N) is 1. The van der Waals surface area contributed by atoms with E-state index in [1.807, 2.05) is 5.38 Å². The van der Waals surface area contributed by atoms with E-state index in [1.54, 1.807) is 17.5 Å². The zero-order valence-corrected chi connectivity index (χ0v) is 7.97. The maximum absolute atomic E-state index is 8.64. The molecular weight excluding hydrogens is 172 g/mol. The first-order valence-electron chi connectivity index (χ1n) is 4.05. The molecule has 0 saturated carbocycles. The quantitative estimate of drug-likeness (QED) is 0.721. The summed E-state index contributed by atoms with van der Waals surface area (Å²) in [5.74, 6) is 0. The van der Waals surface area contributed by atoms with E-state index in [1.165, 1.54) is 0 Å². The van der Waals surface area contributed by atoms with Crippen molar-refractivity contribution in [2.24, 2.45) is 0 Å². The second-order valence-corrected chi connectivity index (χ2v) is 3.70. The van der Waals surface area contributed by atoms with Crippen LogP contribution in [0.4, 0.5) is 0 Å². The Morgan fingerprint density at radius 2 is 2.58 bits per heavy atom. The molecule has 3 nitrogen and oxygen atoms in total. The van der Waals surface area contributed by atoms with Gasteiger partial charge < -0.3 is 10.4 Å². The lowest BCUT2D eigenvalue weighted by molar-refractivity contribution is 0.268. The van der Waals surface area contributed by atoms with Crippen molar-refractivity contribution < 1.29 is 5.11 Å². The van der Waals surface area contributed by atoms with Gasteiger partial charge in [0.05, 0.1) is 0 Å². The van der Waals surface area contributed by atoms with Gasteiger partial charge in [0, 0.05) is 30.8 Å². The predicted molar refractivity (Wildman–Crippen MR) is 50.1 cm³/mol. The molecule has 1 unspecified atom stereocenters. The Kier molecular flexibility index (Phi) is 4.21. The third kappa shape index (κ3) is 3.30. The molecule has 0 aliphatic rings. The number of aliphatic hydroxyl groups excluding tert-OH is 1. The fourth-order valence-corrected chi connectivity index (χ4v) is 1.46. The minimum atomic E-state index is 0.242. The van der Waals surface area contributed by atoms with Gasteiger partial charge in [0.2, 0.25) is 0 Å². The molecule has 0 aliphatic carbocycles. The Labute approximate surface area is 76.5 Å². The van der Waals surface area contributed by atoms with E-state index in [9.17, 15) is 0 Å². The molecule has 0 radical (unpaired) electrons. The van der Waals surface area contributed by atoms with E-state index >= 15 is 0 Å². The lowest BCUT2D eigenvalue weighted by Crippen LogP contribution is -2.26. The highest BCUT2D eigenvalue weighted by Gasteiger charge is 2.00. The van der Waals surface area contributed by atoms with Crippen LogP contribution in [0.15, 0.2) is 11.6 Å². The Morgan fingerprint density at radius 1 is 1.75 bits per heavy atom. The first kappa shape index (κ1) is 9.64. The Balaban J connectivity index is 2.17. The van der Waals surface area contributed by atoms with Crippen LogP contribution in [0.1, 0.15) is 18.4 Å². The molecule has 1 aromatic heterocycles. The zero-order chi connectivity index (χ0) is 8.81. The van der Waals surface area contributed by atoms with Crippen LogP contribution in [0.25, 0.3) is 0 Å². The molecule has 2 N–H and O–H groups in total. The van der Waals surface area contributed by atoms with Crippen LogP contribution in [0, 0.1) is 0 Å². The molecule has 0 saturated heterocycles. The first-order valence-corrected chi connectivity index (χ1v) is 4.93. The van der Waals surface area contributed by atoms with E-state index in [4.69, 9.17) is 5.11 Å². The van der Waals surface area contributed by atoms with Crippen LogP contribution in [-0.2, 0) is 6.54 Å². The zero-order valence-electron chi connectivity index (χ0n) is 7.16. The van der Waals surface area contributed by atoms with E-state index in [-0.39, 0.29) is 6.61 Å². The average molecular weight is 186 g/mol. The summed E-state index contributed by atoms with van der Waals surface area (Å²) in [5, 5.41) is 15.0. The van der Waals surface area contributed by atoms with Crippen LogP contribution >= 0.6 is 11.3 Å². The second-order valence-electron chi connectivity index (χ2n) is 2.72. The summed E-state index contributed by atoms with van der Waals surface area (Å²) in [7, 11) is 0. The van der Waals surface area contributed by atoms with E-state index in [2.05, 4.69) is 17.2 Å². The van der Waals surface area contributed by atoms with Gasteiger partial charge in [0.15, 0.2) is 0 Å². The van der Waals surface area contributed by atoms with Gasteiger partial charge in [0.1, 0.15) is 5.01 Å². The lowest BCUT2D eigenvalue weighted by atomic mass is 10.2. The lowest BCUT2D eigenvalue weighted by Gasteiger charge is -2.09. The number of rotatable bonds is 5. The molecule has 1 aromatic rings. The van der Waals surface area contributed by atoms with Crippen molar-refractivity contribution in [1.29, 1.82) is 0 Å². The minimum Gasteiger partial charge on any atom is -0.396 e. The molecule has 0 bridgehead atoms. The number of nitrogens with one attached hydrogen (secondary N) is 1. The highest BCUT2D eigenvalue weighted by Crippen LogP contribution is 2.03. The molecule has 1 rings (SSSR count). The molecule has 0 amide bonds. The Bertz CT molecular complexity index is 201. The number of hydrogen-bond donors (Lipinski definition) is 2. The molecule has 0 spiro atoms. The summed E-state index contributed by atoms with van der Waals surface area (Å²) < 4.78 is 0. The number of aromatic nitrogens is 1. The summed E-state index contributed by atoms with van der Waals surface area (Å²) in [6, 6.07) is 0.360. The van der Waals surface area contributed by atoms with Gasteiger partial charge in [-0.15, -0.1) is 11.3 Å². The van der Waals surface area contributed by atoms with E-state index in [0.717, 1.165) is 18.0 Å². The smallest absolute Gasteiger partial charge is 0.106 e. The van der Waals surface area contributed by atoms with Gasteiger partial charge >= 0.3 is 0 Å².